The SMILES string of the molecule is COCCOCCOCCOc1ccc2c3c1OC1C(O)CC[C@@]4(O)[C@@H](C2)N(CC2CCC2)CC[C@]314. The van der Waals surface area contributed by atoms with Gasteiger partial charge in [-0.05, 0) is 62.6 Å². The first-order valence-corrected chi connectivity index (χ1v) is 13.8. The lowest BCUT2D eigenvalue weighted by atomic mass is 9.48. The zero-order valence-corrected chi connectivity index (χ0v) is 21.5. The van der Waals surface area contributed by atoms with Crippen molar-refractivity contribution in [2.45, 2.75) is 74.2 Å². The Labute approximate surface area is 213 Å². The van der Waals surface area contributed by atoms with Gasteiger partial charge in [-0.15, -0.1) is 0 Å². The summed E-state index contributed by atoms with van der Waals surface area (Å²) in [7, 11) is 1.65. The van der Waals surface area contributed by atoms with Gasteiger partial charge < -0.3 is 33.9 Å². The molecular weight excluding hydrogens is 462 g/mol. The van der Waals surface area contributed by atoms with E-state index in [-0.39, 0.29) is 6.04 Å². The van der Waals surface area contributed by atoms with Crippen molar-refractivity contribution in [3.05, 3.63) is 23.3 Å². The summed E-state index contributed by atoms with van der Waals surface area (Å²) in [6.07, 6.45) is 5.76. The van der Waals surface area contributed by atoms with Crippen molar-refractivity contribution >= 4 is 0 Å². The van der Waals surface area contributed by atoms with Crippen LogP contribution in [0.5, 0.6) is 11.5 Å². The van der Waals surface area contributed by atoms with E-state index >= 15 is 0 Å². The highest BCUT2D eigenvalue weighted by Crippen LogP contribution is 2.65. The Morgan fingerprint density at radius 3 is 2.56 bits per heavy atom. The van der Waals surface area contributed by atoms with Gasteiger partial charge in [0.2, 0.25) is 0 Å². The summed E-state index contributed by atoms with van der Waals surface area (Å²) in [6.45, 7) is 5.04. The number of nitrogens with zero attached hydrogens (tertiary/aromatic N) is 1. The molecule has 6 rings (SSSR count). The van der Waals surface area contributed by atoms with Gasteiger partial charge in [0.1, 0.15) is 12.7 Å². The molecule has 36 heavy (non-hydrogen) atoms. The summed E-state index contributed by atoms with van der Waals surface area (Å²) in [4.78, 5) is 2.56. The molecule has 8 nitrogen and oxygen atoms in total. The molecule has 1 spiro atoms. The fourth-order valence-electron chi connectivity index (χ4n) is 7.61. The van der Waals surface area contributed by atoms with Crippen LogP contribution in [0.3, 0.4) is 0 Å². The molecule has 3 fully saturated rings. The van der Waals surface area contributed by atoms with Crippen molar-refractivity contribution in [2.75, 3.05) is 59.8 Å². The minimum absolute atomic E-state index is 0.0789. The van der Waals surface area contributed by atoms with Gasteiger partial charge in [0.05, 0.1) is 50.2 Å². The van der Waals surface area contributed by atoms with Crippen LogP contribution in [0.15, 0.2) is 12.1 Å². The number of likely N-dealkylation sites (tertiary alicyclic amines) is 1. The second kappa shape index (κ2) is 10.0. The molecule has 0 radical (unpaired) electrons. The molecule has 8 heteroatoms. The van der Waals surface area contributed by atoms with Gasteiger partial charge in [-0.2, -0.15) is 0 Å². The molecule has 3 aliphatic carbocycles. The smallest absolute Gasteiger partial charge is 0.166 e. The molecule has 5 aliphatic rings. The Bertz CT molecular complexity index is 939. The van der Waals surface area contributed by atoms with E-state index in [0.717, 1.165) is 43.2 Å². The molecule has 200 valence electrons. The average Bonchev–Trinajstić information content (AvgIpc) is 3.20. The van der Waals surface area contributed by atoms with Crippen molar-refractivity contribution < 1.29 is 33.9 Å². The first-order valence-electron chi connectivity index (χ1n) is 13.8. The monoisotopic (exact) mass is 503 g/mol. The number of rotatable bonds is 12. The van der Waals surface area contributed by atoms with Crippen LogP contribution in [0, 0.1) is 5.92 Å². The van der Waals surface area contributed by atoms with Gasteiger partial charge in [0.25, 0.3) is 0 Å². The summed E-state index contributed by atoms with van der Waals surface area (Å²) in [6, 6.07) is 4.24. The first kappa shape index (κ1) is 24.9. The second-order valence-corrected chi connectivity index (χ2v) is 11.3. The van der Waals surface area contributed by atoms with Gasteiger partial charge in [0.15, 0.2) is 11.5 Å². The van der Waals surface area contributed by atoms with E-state index < -0.39 is 23.2 Å². The van der Waals surface area contributed by atoms with Gasteiger partial charge in [-0.25, -0.2) is 0 Å². The third kappa shape index (κ3) is 3.87. The van der Waals surface area contributed by atoms with Crippen LogP contribution in [0.2, 0.25) is 0 Å². The molecular formula is C28H41NO7. The second-order valence-electron chi connectivity index (χ2n) is 11.3. The number of aliphatic hydroxyl groups excluding tert-OH is 1. The van der Waals surface area contributed by atoms with Gasteiger partial charge in [-0.3, -0.25) is 4.90 Å². The summed E-state index contributed by atoms with van der Waals surface area (Å²) in [5.41, 5.74) is 0.885. The number of methoxy groups -OCH3 is 1. The average molecular weight is 504 g/mol. The predicted octanol–water partition coefficient (Wildman–Crippen LogP) is 2.06. The minimum Gasteiger partial charge on any atom is -0.487 e. The number of ether oxygens (including phenoxy) is 5. The quantitative estimate of drug-likeness (QED) is 0.419. The molecule has 2 saturated carbocycles. The van der Waals surface area contributed by atoms with Crippen molar-refractivity contribution in [3.8, 4) is 11.5 Å². The largest absolute Gasteiger partial charge is 0.487 e. The van der Waals surface area contributed by atoms with E-state index in [2.05, 4.69) is 11.0 Å². The Hall–Kier alpha value is -1.42. The molecule has 1 saturated heterocycles. The molecule has 1 aromatic carbocycles. The maximum Gasteiger partial charge on any atom is 0.166 e. The van der Waals surface area contributed by atoms with E-state index in [9.17, 15) is 10.2 Å². The summed E-state index contributed by atoms with van der Waals surface area (Å²) < 4.78 is 28.7. The molecule has 0 amide bonds. The van der Waals surface area contributed by atoms with Gasteiger partial charge in [-0.1, -0.05) is 12.5 Å². The van der Waals surface area contributed by atoms with Gasteiger partial charge in [0, 0.05) is 25.3 Å². The van der Waals surface area contributed by atoms with E-state index in [1.807, 2.05) is 6.07 Å². The number of aliphatic hydroxyl groups is 2. The standard InChI is InChI=1S/C28H41NO7/c1-32-11-12-33-13-14-34-15-16-35-22-6-5-20-17-23-28(31)8-7-21(30)26-27(28,24(20)25(22)36-26)9-10-29(23)18-19-3-2-4-19/h5-6,19,21,23,26,30-31H,2-4,7-18H2,1H3/t21?,23-,26?,27+,28-/m1/s1. The maximum atomic E-state index is 12.4. The van der Waals surface area contributed by atoms with Gasteiger partial charge >= 0.3 is 0 Å². The molecule has 5 atom stereocenters. The summed E-state index contributed by atoms with van der Waals surface area (Å²) in [5, 5.41) is 23.5. The zero-order valence-electron chi connectivity index (χ0n) is 21.5. The Morgan fingerprint density at radius 1 is 1.03 bits per heavy atom. The zero-order chi connectivity index (χ0) is 24.8. The lowest BCUT2D eigenvalue weighted by Crippen LogP contribution is -2.77. The number of piperidine rings is 1. The third-order valence-corrected chi connectivity index (χ3v) is 9.53. The van der Waals surface area contributed by atoms with Crippen molar-refractivity contribution in [1.29, 1.82) is 0 Å². The highest BCUT2D eigenvalue weighted by molar-refractivity contribution is 5.63. The van der Waals surface area contributed by atoms with Crippen molar-refractivity contribution in [2.24, 2.45) is 5.92 Å². The molecule has 2 aliphatic heterocycles. The summed E-state index contributed by atoms with van der Waals surface area (Å²) in [5.74, 6) is 2.17. The molecule has 0 aromatic heterocycles. The lowest BCUT2D eigenvalue weighted by molar-refractivity contribution is -0.209. The fourth-order valence-corrected chi connectivity index (χ4v) is 7.61. The van der Waals surface area contributed by atoms with E-state index in [0.29, 0.717) is 58.2 Å². The number of benzene rings is 1. The highest BCUT2D eigenvalue weighted by Gasteiger charge is 2.72. The minimum atomic E-state index is -0.887. The van der Waals surface area contributed by atoms with E-state index in [1.54, 1.807) is 7.11 Å². The highest BCUT2D eigenvalue weighted by atomic mass is 16.6. The molecule has 2 unspecified atom stereocenters. The predicted molar refractivity (Wildman–Crippen MR) is 133 cm³/mol. The fraction of sp³-hybridized carbons (Fsp3) is 0.786. The van der Waals surface area contributed by atoms with Crippen LogP contribution in [0.1, 0.15) is 49.7 Å². The number of hydrogen-bond acceptors (Lipinski definition) is 8. The Morgan fingerprint density at radius 2 is 1.81 bits per heavy atom. The molecule has 2 bridgehead atoms. The normalized spacial score (nSPS) is 34.7. The van der Waals surface area contributed by atoms with Crippen LogP contribution in [-0.2, 0) is 26.0 Å². The first-order chi connectivity index (χ1) is 17.6. The van der Waals surface area contributed by atoms with Crippen LogP contribution < -0.4 is 9.47 Å². The topological polar surface area (TPSA) is 89.9 Å². The summed E-state index contributed by atoms with van der Waals surface area (Å²) >= 11 is 0. The molecule has 2 N–H and O–H groups in total. The van der Waals surface area contributed by atoms with E-state index in [1.165, 1.54) is 24.8 Å². The Balaban J connectivity index is 1.19. The van der Waals surface area contributed by atoms with Crippen molar-refractivity contribution in [3.63, 3.8) is 0 Å². The van der Waals surface area contributed by atoms with Crippen LogP contribution >= 0.6 is 0 Å². The Kier molecular flexibility index (Phi) is 6.94. The lowest BCUT2D eigenvalue weighted by Gasteiger charge is -2.64. The van der Waals surface area contributed by atoms with Crippen LogP contribution in [0.4, 0.5) is 0 Å². The molecule has 2 heterocycles. The van der Waals surface area contributed by atoms with E-state index in [4.69, 9.17) is 23.7 Å². The third-order valence-electron chi connectivity index (χ3n) is 9.53. The van der Waals surface area contributed by atoms with Crippen LogP contribution in [0.25, 0.3) is 0 Å². The number of hydrogen-bond donors (Lipinski definition) is 2. The van der Waals surface area contributed by atoms with Crippen molar-refractivity contribution in [1.82, 2.24) is 4.90 Å². The maximum absolute atomic E-state index is 12.4. The molecule has 1 aromatic rings. The van der Waals surface area contributed by atoms with Crippen LogP contribution in [-0.4, -0.2) is 98.8 Å².